The van der Waals surface area contributed by atoms with E-state index < -0.39 is 10.0 Å². The van der Waals surface area contributed by atoms with Crippen LogP contribution in [0.5, 0.6) is 0 Å². The maximum Gasteiger partial charge on any atom is 0.213 e. The summed E-state index contributed by atoms with van der Waals surface area (Å²) in [6, 6.07) is 0. The van der Waals surface area contributed by atoms with E-state index in [4.69, 9.17) is 9.47 Å². The van der Waals surface area contributed by atoms with Gasteiger partial charge in [-0.15, -0.1) is 0 Å². The van der Waals surface area contributed by atoms with Crippen molar-refractivity contribution < 1.29 is 17.9 Å². The summed E-state index contributed by atoms with van der Waals surface area (Å²) in [4.78, 5) is 4.45. The molecule has 27 heavy (non-hydrogen) atoms. The molecule has 1 rings (SSSR count). The van der Waals surface area contributed by atoms with Crippen LogP contribution in [-0.4, -0.2) is 72.2 Å². The van der Waals surface area contributed by atoms with Crippen molar-refractivity contribution >= 4 is 16.0 Å². The van der Waals surface area contributed by atoms with Crippen molar-refractivity contribution in [2.24, 2.45) is 4.99 Å². The highest BCUT2D eigenvalue weighted by Gasteiger charge is 2.17. The average Bonchev–Trinajstić information content (AvgIpc) is 2.66. The van der Waals surface area contributed by atoms with Crippen LogP contribution in [0.3, 0.4) is 0 Å². The van der Waals surface area contributed by atoms with Crippen LogP contribution in [0.1, 0.15) is 52.4 Å². The number of sulfonamides is 1. The molecule has 0 saturated carbocycles. The van der Waals surface area contributed by atoms with Gasteiger partial charge in [-0.3, -0.25) is 4.99 Å². The molecule has 0 amide bonds. The number of ether oxygens (including phenoxy) is 2. The van der Waals surface area contributed by atoms with Crippen LogP contribution in [-0.2, 0) is 19.5 Å². The molecule has 8 nitrogen and oxygen atoms in total. The minimum absolute atomic E-state index is 0.0000825. The normalized spacial score (nSPS) is 18.4. The molecule has 160 valence electrons. The zero-order valence-corrected chi connectivity index (χ0v) is 17.8. The highest BCUT2D eigenvalue weighted by atomic mass is 32.2. The van der Waals surface area contributed by atoms with Crippen LogP contribution in [0.25, 0.3) is 0 Å². The second-order valence-corrected chi connectivity index (χ2v) is 8.59. The van der Waals surface area contributed by atoms with Crippen LogP contribution in [0.4, 0.5) is 0 Å². The molecule has 1 unspecified atom stereocenters. The molecule has 0 radical (unpaired) electrons. The first-order valence-electron chi connectivity index (χ1n) is 10.3. The summed E-state index contributed by atoms with van der Waals surface area (Å²) < 4.78 is 37.9. The number of nitrogens with zero attached hydrogens (tertiary/aromatic N) is 1. The second kappa shape index (κ2) is 15.1. The summed E-state index contributed by atoms with van der Waals surface area (Å²) in [7, 11) is -3.32. The van der Waals surface area contributed by atoms with Gasteiger partial charge in [-0.25, -0.2) is 13.1 Å². The third-order valence-electron chi connectivity index (χ3n) is 4.17. The quantitative estimate of drug-likeness (QED) is 0.228. The van der Waals surface area contributed by atoms with Gasteiger partial charge in [0, 0.05) is 46.0 Å². The lowest BCUT2D eigenvalue weighted by Gasteiger charge is -2.22. The Balaban J connectivity index is 2.22. The number of rotatable bonds is 14. The maximum absolute atomic E-state index is 12.1. The Morgan fingerprint density at radius 3 is 2.70 bits per heavy atom. The summed E-state index contributed by atoms with van der Waals surface area (Å²) in [6.45, 7) is 8.37. The molecule has 0 aromatic heterocycles. The van der Waals surface area contributed by atoms with Gasteiger partial charge in [-0.1, -0.05) is 13.3 Å². The zero-order valence-electron chi connectivity index (χ0n) is 17.0. The molecule has 1 saturated heterocycles. The number of hydrogen-bond donors (Lipinski definition) is 3. The third-order valence-corrected chi connectivity index (χ3v) is 5.52. The monoisotopic (exact) mass is 406 g/mol. The largest absolute Gasteiger partial charge is 0.381 e. The fourth-order valence-electron chi connectivity index (χ4n) is 2.61. The Hall–Kier alpha value is -0.900. The lowest BCUT2D eigenvalue weighted by atomic mass is 10.1. The van der Waals surface area contributed by atoms with E-state index in [9.17, 15) is 8.42 Å². The molecule has 0 aromatic carbocycles. The third kappa shape index (κ3) is 13.0. The Morgan fingerprint density at radius 1 is 1.19 bits per heavy atom. The molecule has 1 aliphatic rings. The van der Waals surface area contributed by atoms with E-state index in [0.717, 1.165) is 58.3 Å². The summed E-state index contributed by atoms with van der Waals surface area (Å²) in [5, 5.41) is 6.20. The summed E-state index contributed by atoms with van der Waals surface area (Å²) >= 11 is 0. The summed E-state index contributed by atoms with van der Waals surface area (Å²) in [5.74, 6) is 0.640. The Morgan fingerprint density at radius 2 is 2.00 bits per heavy atom. The number of aliphatic imine (C=N–C) groups is 1. The summed E-state index contributed by atoms with van der Waals surface area (Å²) in [5.41, 5.74) is 0. The molecule has 1 aliphatic heterocycles. The first-order valence-corrected chi connectivity index (χ1v) is 11.9. The number of nitrogens with one attached hydrogen (secondary N) is 3. The fraction of sp³-hybridized carbons (Fsp3) is 0.944. The smallest absolute Gasteiger partial charge is 0.213 e. The minimum atomic E-state index is -3.32. The van der Waals surface area contributed by atoms with Crippen molar-refractivity contribution in [1.82, 2.24) is 15.4 Å². The van der Waals surface area contributed by atoms with E-state index in [0.29, 0.717) is 32.2 Å². The van der Waals surface area contributed by atoms with Gasteiger partial charge >= 0.3 is 0 Å². The van der Waals surface area contributed by atoms with Crippen LogP contribution < -0.4 is 15.4 Å². The number of unbranched alkanes of at least 4 members (excludes halogenated alkanes) is 1. The van der Waals surface area contributed by atoms with Crippen LogP contribution in [0.2, 0.25) is 0 Å². The number of hydrogen-bond acceptors (Lipinski definition) is 5. The van der Waals surface area contributed by atoms with Crippen molar-refractivity contribution in [3.8, 4) is 0 Å². The van der Waals surface area contributed by atoms with Gasteiger partial charge in [-0.2, -0.15) is 0 Å². The van der Waals surface area contributed by atoms with Crippen LogP contribution in [0, 0.1) is 0 Å². The van der Waals surface area contributed by atoms with Crippen LogP contribution in [0.15, 0.2) is 4.99 Å². The Kier molecular flexibility index (Phi) is 13.5. The van der Waals surface area contributed by atoms with Gasteiger partial charge in [0.05, 0.1) is 11.9 Å². The van der Waals surface area contributed by atoms with E-state index in [1.807, 2.05) is 6.92 Å². The Labute approximate surface area is 164 Å². The molecule has 1 atom stereocenters. The molecule has 0 aromatic rings. The predicted octanol–water partition coefficient (Wildman–Crippen LogP) is 1.24. The number of guanidine groups is 1. The molecule has 1 heterocycles. The molecule has 1 fully saturated rings. The van der Waals surface area contributed by atoms with Gasteiger partial charge in [0.2, 0.25) is 10.0 Å². The van der Waals surface area contributed by atoms with E-state index in [1.165, 1.54) is 0 Å². The molecular formula is C18H38N4O4S. The molecule has 0 aliphatic carbocycles. The van der Waals surface area contributed by atoms with Gasteiger partial charge in [0.15, 0.2) is 5.96 Å². The first kappa shape index (κ1) is 24.1. The van der Waals surface area contributed by atoms with Crippen LogP contribution >= 0.6 is 0 Å². The average molecular weight is 407 g/mol. The highest BCUT2D eigenvalue weighted by Crippen LogP contribution is 2.11. The lowest BCUT2D eigenvalue weighted by molar-refractivity contribution is 0.0200. The molecule has 0 bridgehead atoms. The van der Waals surface area contributed by atoms with E-state index in [2.05, 4.69) is 27.3 Å². The van der Waals surface area contributed by atoms with Crippen molar-refractivity contribution in [2.75, 3.05) is 51.8 Å². The van der Waals surface area contributed by atoms with Gasteiger partial charge in [0.25, 0.3) is 0 Å². The van der Waals surface area contributed by atoms with Crippen molar-refractivity contribution in [2.45, 2.75) is 58.5 Å². The maximum atomic E-state index is 12.1. The van der Waals surface area contributed by atoms with Gasteiger partial charge in [0.1, 0.15) is 0 Å². The van der Waals surface area contributed by atoms with Crippen molar-refractivity contribution in [1.29, 1.82) is 0 Å². The topological polar surface area (TPSA) is 101 Å². The summed E-state index contributed by atoms with van der Waals surface area (Å²) in [6.07, 6.45) is 6.15. The molecule has 9 heteroatoms. The predicted molar refractivity (Wildman–Crippen MR) is 110 cm³/mol. The van der Waals surface area contributed by atoms with Crippen molar-refractivity contribution in [3.05, 3.63) is 0 Å². The highest BCUT2D eigenvalue weighted by molar-refractivity contribution is 7.89. The van der Waals surface area contributed by atoms with E-state index >= 15 is 0 Å². The zero-order chi connectivity index (χ0) is 19.8. The van der Waals surface area contributed by atoms with Crippen molar-refractivity contribution in [3.63, 3.8) is 0 Å². The lowest BCUT2D eigenvalue weighted by Crippen LogP contribution is -2.42. The van der Waals surface area contributed by atoms with E-state index in [1.54, 1.807) is 0 Å². The van der Waals surface area contributed by atoms with E-state index in [-0.39, 0.29) is 11.9 Å². The standard InChI is InChI=1S/C18H38N4O4S/c1-3-5-12-25-13-8-10-20-18(19-4-2)21-11-15-27(23,24)22-16-17-9-6-7-14-26-17/h17,22H,3-16H2,1-2H3,(H2,19,20,21). The SMILES string of the molecule is CCCCOCCCN=C(NCC)NCCS(=O)(=O)NCC1CCCCO1. The Bertz CT molecular complexity index is 494. The van der Waals surface area contributed by atoms with Gasteiger partial charge in [-0.05, 0) is 39.0 Å². The first-order chi connectivity index (χ1) is 13.1. The minimum Gasteiger partial charge on any atom is -0.381 e. The molecule has 3 N–H and O–H groups in total. The molecule has 0 spiro atoms. The second-order valence-electron chi connectivity index (χ2n) is 6.66. The van der Waals surface area contributed by atoms with Gasteiger partial charge < -0.3 is 20.1 Å². The molecular weight excluding hydrogens is 368 g/mol. The fourth-order valence-corrected chi connectivity index (χ4v) is 3.57.